The summed E-state index contributed by atoms with van der Waals surface area (Å²) in [5.74, 6) is 0.466. The molecule has 3 heteroatoms. The van der Waals surface area contributed by atoms with Crippen LogP contribution in [0.5, 0.6) is 0 Å². The zero-order valence-corrected chi connectivity index (χ0v) is 11.5. The topological polar surface area (TPSA) is 35.2 Å². The maximum absolute atomic E-state index is 6.50. The van der Waals surface area contributed by atoms with Crippen molar-refractivity contribution in [1.82, 2.24) is 0 Å². The highest BCUT2D eigenvalue weighted by atomic mass is 32.1. The summed E-state index contributed by atoms with van der Waals surface area (Å²) in [7, 11) is 0. The molecule has 0 spiro atoms. The largest absolute Gasteiger partial charge is 0.378 e. The van der Waals surface area contributed by atoms with E-state index in [1.165, 1.54) is 15.6 Å². The molecule has 2 heterocycles. The number of nitrogens with two attached hydrogens (primary N) is 1. The van der Waals surface area contributed by atoms with Gasteiger partial charge in [0.2, 0.25) is 0 Å². The van der Waals surface area contributed by atoms with E-state index in [2.05, 4.69) is 36.6 Å². The molecule has 3 unspecified atom stereocenters. The molecule has 1 fully saturated rings. The Morgan fingerprint density at radius 1 is 1.44 bits per heavy atom. The van der Waals surface area contributed by atoms with Gasteiger partial charge in [0.1, 0.15) is 0 Å². The highest BCUT2D eigenvalue weighted by Crippen LogP contribution is 2.38. The number of thiophene rings is 1. The molecule has 96 valence electrons. The third kappa shape index (κ3) is 1.96. The van der Waals surface area contributed by atoms with Gasteiger partial charge >= 0.3 is 0 Å². The van der Waals surface area contributed by atoms with E-state index in [9.17, 15) is 0 Å². The van der Waals surface area contributed by atoms with Crippen LogP contribution >= 0.6 is 11.3 Å². The highest BCUT2D eigenvalue weighted by Gasteiger charge is 2.33. The Balaban J connectivity index is 1.94. The fraction of sp³-hybridized carbons (Fsp3) is 0.467. The Hall–Kier alpha value is -0.900. The van der Waals surface area contributed by atoms with Crippen LogP contribution in [0.3, 0.4) is 0 Å². The van der Waals surface area contributed by atoms with Crippen LogP contribution in [0.1, 0.15) is 31.4 Å². The number of fused-ring (bicyclic) bond motifs is 1. The van der Waals surface area contributed by atoms with Gasteiger partial charge in [-0.25, -0.2) is 0 Å². The molecule has 0 bridgehead atoms. The smallest absolute Gasteiger partial charge is 0.0619 e. The zero-order valence-electron chi connectivity index (χ0n) is 10.6. The van der Waals surface area contributed by atoms with Gasteiger partial charge in [0.05, 0.1) is 6.10 Å². The monoisotopic (exact) mass is 261 g/mol. The van der Waals surface area contributed by atoms with E-state index >= 15 is 0 Å². The van der Waals surface area contributed by atoms with Crippen LogP contribution in [-0.2, 0) is 4.74 Å². The van der Waals surface area contributed by atoms with E-state index in [1.807, 2.05) is 0 Å². The average molecular weight is 261 g/mol. The third-order valence-electron chi connectivity index (χ3n) is 3.99. The minimum Gasteiger partial charge on any atom is -0.378 e. The first-order valence-electron chi connectivity index (χ1n) is 6.64. The van der Waals surface area contributed by atoms with Crippen LogP contribution in [-0.4, -0.2) is 12.7 Å². The van der Waals surface area contributed by atoms with Crippen molar-refractivity contribution in [3.8, 4) is 0 Å². The maximum Gasteiger partial charge on any atom is 0.0619 e. The van der Waals surface area contributed by atoms with Gasteiger partial charge in [-0.1, -0.05) is 25.1 Å². The van der Waals surface area contributed by atoms with Gasteiger partial charge in [0, 0.05) is 23.3 Å². The Morgan fingerprint density at radius 3 is 3.11 bits per heavy atom. The predicted octanol–water partition coefficient (Wildman–Crippen LogP) is 3.72. The predicted molar refractivity (Wildman–Crippen MR) is 76.9 cm³/mol. The molecule has 2 aromatic rings. The van der Waals surface area contributed by atoms with E-state index in [4.69, 9.17) is 10.5 Å². The Kier molecular flexibility index (Phi) is 3.37. The molecule has 1 saturated heterocycles. The summed E-state index contributed by atoms with van der Waals surface area (Å²) in [6, 6.07) is 8.62. The molecule has 1 aromatic carbocycles. The van der Waals surface area contributed by atoms with Crippen molar-refractivity contribution < 1.29 is 4.74 Å². The molecule has 0 amide bonds. The lowest BCUT2D eigenvalue weighted by atomic mass is 9.87. The molecule has 2 nitrogen and oxygen atoms in total. The van der Waals surface area contributed by atoms with Crippen molar-refractivity contribution >= 4 is 21.4 Å². The first-order valence-corrected chi connectivity index (χ1v) is 7.52. The summed E-state index contributed by atoms with van der Waals surface area (Å²) in [4.78, 5) is 0. The van der Waals surface area contributed by atoms with Crippen LogP contribution < -0.4 is 5.73 Å². The summed E-state index contributed by atoms with van der Waals surface area (Å²) in [5, 5.41) is 3.54. The SMILES string of the molecule is CCC1OCCC1C(N)c1csc2ccccc12. The molecule has 3 atom stereocenters. The zero-order chi connectivity index (χ0) is 12.5. The molecule has 2 N–H and O–H groups in total. The molecule has 18 heavy (non-hydrogen) atoms. The van der Waals surface area contributed by atoms with Crippen molar-refractivity contribution in [2.75, 3.05) is 6.61 Å². The van der Waals surface area contributed by atoms with Crippen LogP contribution in [0.15, 0.2) is 29.6 Å². The van der Waals surface area contributed by atoms with E-state index < -0.39 is 0 Å². The van der Waals surface area contributed by atoms with Gasteiger partial charge in [-0.2, -0.15) is 0 Å². The number of benzene rings is 1. The second-order valence-corrected chi connectivity index (χ2v) is 5.89. The molecular formula is C15H19NOS. The van der Waals surface area contributed by atoms with Crippen LogP contribution in [0.25, 0.3) is 10.1 Å². The number of ether oxygens (including phenoxy) is 1. The molecule has 0 saturated carbocycles. The second kappa shape index (κ2) is 5.00. The normalized spacial score (nSPS) is 25.7. The van der Waals surface area contributed by atoms with Crippen molar-refractivity contribution in [3.05, 3.63) is 35.2 Å². The van der Waals surface area contributed by atoms with Gasteiger partial charge in [-0.15, -0.1) is 11.3 Å². The van der Waals surface area contributed by atoms with E-state index in [-0.39, 0.29) is 6.04 Å². The fourth-order valence-corrected chi connectivity index (χ4v) is 3.99. The van der Waals surface area contributed by atoms with Crippen LogP contribution in [0.2, 0.25) is 0 Å². The number of rotatable bonds is 3. The molecule has 0 aliphatic carbocycles. The Bertz CT molecular complexity index is 536. The van der Waals surface area contributed by atoms with Gasteiger partial charge in [0.25, 0.3) is 0 Å². The van der Waals surface area contributed by atoms with E-state index in [0.717, 1.165) is 19.4 Å². The van der Waals surface area contributed by atoms with Gasteiger partial charge in [-0.3, -0.25) is 0 Å². The van der Waals surface area contributed by atoms with Gasteiger partial charge in [0.15, 0.2) is 0 Å². The van der Waals surface area contributed by atoms with E-state index in [1.54, 1.807) is 11.3 Å². The minimum atomic E-state index is 0.105. The average Bonchev–Trinajstić information content (AvgIpc) is 3.04. The number of hydrogen-bond donors (Lipinski definition) is 1. The highest BCUT2D eigenvalue weighted by molar-refractivity contribution is 7.17. The van der Waals surface area contributed by atoms with Crippen LogP contribution in [0.4, 0.5) is 0 Å². The molecule has 1 aromatic heterocycles. The second-order valence-electron chi connectivity index (χ2n) is 4.98. The maximum atomic E-state index is 6.50. The first-order chi connectivity index (χ1) is 8.81. The lowest BCUT2D eigenvalue weighted by Crippen LogP contribution is -2.27. The molecule has 1 aliphatic rings. The third-order valence-corrected chi connectivity index (χ3v) is 4.98. The van der Waals surface area contributed by atoms with Gasteiger partial charge < -0.3 is 10.5 Å². The molecule has 0 radical (unpaired) electrons. The first kappa shape index (κ1) is 12.2. The van der Waals surface area contributed by atoms with Crippen molar-refractivity contribution in [3.63, 3.8) is 0 Å². The quantitative estimate of drug-likeness (QED) is 0.914. The molecular weight excluding hydrogens is 242 g/mol. The lowest BCUT2D eigenvalue weighted by Gasteiger charge is -2.23. The molecule has 3 rings (SSSR count). The summed E-state index contributed by atoms with van der Waals surface area (Å²) < 4.78 is 7.10. The van der Waals surface area contributed by atoms with Crippen molar-refractivity contribution in [1.29, 1.82) is 0 Å². The van der Waals surface area contributed by atoms with Crippen molar-refractivity contribution in [2.45, 2.75) is 31.9 Å². The Morgan fingerprint density at radius 2 is 2.28 bits per heavy atom. The minimum absolute atomic E-state index is 0.105. The summed E-state index contributed by atoms with van der Waals surface area (Å²) in [5.41, 5.74) is 7.80. The summed E-state index contributed by atoms with van der Waals surface area (Å²) in [6.07, 6.45) is 2.48. The molecule has 1 aliphatic heterocycles. The van der Waals surface area contributed by atoms with Crippen molar-refractivity contribution in [2.24, 2.45) is 11.7 Å². The standard InChI is InChI=1S/C15H19NOS/c1-2-13-11(7-8-17-13)15(16)12-9-18-14-6-4-3-5-10(12)14/h3-6,9,11,13,15H,2,7-8,16H2,1H3. The number of hydrogen-bond acceptors (Lipinski definition) is 3. The fourth-order valence-electron chi connectivity index (χ4n) is 2.98. The lowest BCUT2D eigenvalue weighted by molar-refractivity contribution is 0.0815. The van der Waals surface area contributed by atoms with Crippen LogP contribution in [0, 0.1) is 5.92 Å². The summed E-state index contributed by atoms with van der Waals surface area (Å²) in [6.45, 7) is 3.04. The Labute approximate surface area is 112 Å². The summed E-state index contributed by atoms with van der Waals surface area (Å²) >= 11 is 1.79. The van der Waals surface area contributed by atoms with E-state index in [0.29, 0.717) is 12.0 Å². The van der Waals surface area contributed by atoms with Gasteiger partial charge in [-0.05, 0) is 35.2 Å².